The van der Waals surface area contributed by atoms with Crippen LogP contribution in [0.3, 0.4) is 0 Å². The van der Waals surface area contributed by atoms with E-state index in [0.29, 0.717) is 85.3 Å². The number of benzene rings is 2. The zero-order valence-corrected chi connectivity index (χ0v) is 56.7. The third-order valence-corrected chi connectivity index (χ3v) is 19.6. The van der Waals surface area contributed by atoms with Gasteiger partial charge in [0.25, 0.3) is 23.6 Å². The number of para-hydroxylation sites is 4. The average Bonchev–Trinajstić information content (AvgIpc) is 1.09. The van der Waals surface area contributed by atoms with Crippen molar-refractivity contribution in [3.63, 3.8) is 0 Å². The standard InChI is InChI=1S/C35H38F6N4O6S.C33H36F6N4O5S/c1-3-7-29-33(51-24-20-30(52-22-24)35(39,40)41,11-6-13-45(29)31(47)25-21-42-12-10-26(25)34(36,37)38)32(48)44-16-14-43(15-17-44)27-8-4-5-9-28(27)50-19-18-49-23(2)46;1-2-6-27-31(48-22-19-28(49-21-22)33(37,38)39,10-5-12-43(27)29(45)23-20-40-11-9-24(23)32(34,35)36)30(46)42-15-13-41(14-16-42)25-7-3-4-8-26(25)47-18-17-44/h4-5,8-10,12,20-22,29H,3,6-7,11,13-19H2,1-2H3;3-4,7-9,11,19-21,27,44H,2,5-6,10,12-18H2,1H3/t29-,33+;27-,31+/m11/s1. The van der Waals surface area contributed by atoms with E-state index in [1.165, 1.54) is 26.5 Å². The van der Waals surface area contributed by atoms with Gasteiger partial charge in [-0.15, -0.1) is 22.7 Å². The molecule has 0 unspecified atom stereocenters. The van der Waals surface area contributed by atoms with Gasteiger partial charge in [-0.1, -0.05) is 51.0 Å². The molecule has 19 nitrogen and oxygen atoms in total. The molecule has 4 saturated heterocycles. The molecule has 1 N–H and O–H groups in total. The van der Waals surface area contributed by atoms with Gasteiger partial charge in [-0.2, -0.15) is 52.7 Å². The number of piperazine rings is 2. The van der Waals surface area contributed by atoms with Crippen LogP contribution in [0.2, 0.25) is 0 Å². The van der Waals surface area contributed by atoms with E-state index in [1.807, 2.05) is 34.1 Å². The minimum atomic E-state index is -4.87. The molecular formula is C68H74F12N8O11S2. The molecule has 4 aliphatic rings. The number of hydrogen-bond donors (Lipinski definition) is 1. The number of piperidine rings is 2. The molecule has 10 rings (SSSR count). The minimum Gasteiger partial charge on any atom is -0.489 e. The Morgan fingerprint density at radius 1 is 0.535 bits per heavy atom. The van der Waals surface area contributed by atoms with Crippen LogP contribution in [0, 0.1) is 0 Å². The molecule has 101 heavy (non-hydrogen) atoms. The molecular weight excluding hydrogens is 1400 g/mol. The van der Waals surface area contributed by atoms with E-state index >= 15 is 0 Å². The van der Waals surface area contributed by atoms with E-state index < -0.39 is 110 Å². The number of likely N-dealkylation sites (tertiary alicyclic amines) is 2. The molecule has 4 fully saturated rings. The largest absolute Gasteiger partial charge is 0.489 e. The number of ether oxygens (including phenoxy) is 5. The summed E-state index contributed by atoms with van der Waals surface area (Å²) in [4.78, 5) is 83.7. The van der Waals surface area contributed by atoms with Gasteiger partial charge in [-0.3, -0.25) is 33.9 Å². The maximum Gasteiger partial charge on any atom is 0.425 e. The Morgan fingerprint density at radius 2 is 0.931 bits per heavy atom. The third-order valence-electron chi connectivity index (χ3n) is 17.7. The van der Waals surface area contributed by atoms with Crippen LogP contribution in [0.5, 0.6) is 23.0 Å². The molecule has 6 aromatic rings. The summed E-state index contributed by atoms with van der Waals surface area (Å²) in [6.07, 6.45) is -14.2. The molecule has 0 radical (unpaired) electrons. The highest BCUT2D eigenvalue weighted by molar-refractivity contribution is 7.10. The first-order chi connectivity index (χ1) is 47.9. The molecule has 4 aromatic heterocycles. The van der Waals surface area contributed by atoms with Gasteiger partial charge in [0.2, 0.25) is 11.2 Å². The van der Waals surface area contributed by atoms with Crippen LogP contribution in [0.1, 0.15) is 114 Å². The molecule has 4 amide bonds. The van der Waals surface area contributed by atoms with Crippen molar-refractivity contribution in [2.75, 3.05) is 102 Å². The summed E-state index contributed by atoms with van der Waals surface area (Å²) in [6, 6.07) is 15.2. The number of nitrogens with zero attached hydrogens (tertiary/aromatic N) is 8. The number of aliphatic hydroxyl groups is 1. The van der Waals surface area contributed by atoms with Gasteiger partial charge in [0.1, 0.15) is 52.6 Å². The van der Waals surface area contributed by atoms with E-state index in [-0.39, 0.29) is 116 Å². The Balaban J connectivity index is 0.000000236. The fraction of sp³-hybridized carbons (Fsp3) is 0.485. The van der Waals surface area contributed by atoms with Crippen LogP contribution in [0.15, 0.2) is 108 Å². The predicted octanol–water partition coefficient (Wildman–Crippen LogP) is 12.8. The highest BCUT2D eigenvalue weighted by Crippen LogP contribution is 2.46. The number of halogens is 12. The Hall–Kier alpha value is -8.59. The van der Waals surface area contributed by atoms with E-state index in [9.17, 15) is 81.8 Å². The van der Waals surface area contributed by atoms with Crippen LogP contribution in [-0.2, 0) is 43.8 Å². The highest BCUT2D eigenvalue weighted by atomic mass is 32.1. The van der Waals surface area contributed by atoms with E-state index in [0.717, 1.165) is 59.1 Å². The number of pyridine rings is 2. The first-order valence-corrected chi connectivity index (χ1v) is 34.3. The molecule has 8 heterocycles. The van der Waals surface area contributed by atoms with E-state index in [4.69, 9.17) is 23.7 Å². The first-order valence-electron chi connectivity index (χ1n) is 32.6. The molecule has 33 heteroatoms. The smallest absolute Gasteiger partial charge is 0.425 e. The normalized spacial score (nSPS) is 20.0. The number of esters is 1. The van der Waals surface area contributed by atoms with Crippen LogP contribution >= 0.6 is 22.7 Å². The number of aromatic nitrogens is 2. The van der Waals surface area contributed by atoms with Gasteiger partial charge < -0.3 is 58.2 Å². The van der Waals surface area contributed by atoms with Gasteiger partial charge in [0.05, 0.1) is 52.3 Å². The summed E-state index contributed by atoms with van der Waals surface area (Å²) in [5.74, 6) is -2.93. The van der Waals surface area contributed by atoms with Gasteiger partial charge in [-0.05, 0) is 62.1 Å². The lowest BCUT2D eigenvalue weighted by atomic mass is 9.79. The fourth-order valence-electron chi connectivity index (χ4n) is 13.2. The number of anilines is 2. The van der Waals surface area contributed by atoms with Crippen molar-refractivity contribution < 1.29 is 105 Å². The number of hydrogen-bond acceptors (Lipinski definition) is 17. The number of rotatable bonds is 21. The van der Waals surface area contributed by atoms with Crippen molar-refractivity contribution in [1.82, 2.24) is 29.6 Å². The molecule has 0 aliphatic carbocycles. The number of alkyl halides is 12. The van der Waals surface area contributed by atoms with Crippen molar-refractivity contribution in [2.45, 2.75) is 120 Å². The molecule has 4 atom stereocenters. The third kappa shape index (κ3) is 17.8. The van der Waals surface area contributed by atoms with Crippen LogP contribution < -0.4 is 28.7 Å². The monoisotopic (exact) mass is 1470 g/mol. The highest BCUT2D eigenvalue weighted by Gasteiger charge is 2.58. The molecule has 0 saturated carbocycles. The summed E-state index contributed by atoms with van der Waals surface area (Å²) >= 11 is 0.786. The van der Waals surface area contributed by atoms with E-state index in [2.05, 4.69) is 9.97 Å². The summed E-state index contributed by atoms with van der Waals surface area (Å²) in [5, 5.41) is 11.5. The van der Waals surface area contributed by atoms with Crippen molar-refractivity contribution in [3.8, 4) is 23.0 Å². The number of amides is 4. The van der Waals surface area contributed by atoms with Crippen molar-refractivity contribution in [3.05, 3.63) is 140 Å². The van der Waals surface area contributed by atoms with Gasteiger partial charge in [0.15, 0.2) is 0 Å². The lowest BCUT2D eigenvalue weighted by molar-refractivity contribution is -0.160. The van der Waals surface area contributed by atoms with Crippen LogP contribution in [-0.4, -0.2) is 179 Å². The van der Waals surface area contributed by atoms with Gasteiger partial charge >= 0.3 is 30.7 Å². The maximum absolute atomic E-state index is 14.8. The Bertz CT molecular complexity index is 3820. The summed E-state index contributed by atoms with van der Waals surface area (Å²) < 4.78 is 195. The minimum absolute atomic E-state index is 0.00389. The van der Waals surface area contributed by atoms with Crippen molar-refractivity contribution in [2.24, 2.45) is 0 Å². The fourth-order valence-corrected chi connectivity index (χ4v) is 14.6. The van der Waals surface area contributed by atoms with Gasteiger partial charge in [0, 0.05) is 133 Å². The topological polar surface area (TPSA) is 197 Å². The lowest BCUT2D eigenvalue weighted by Crippen LogP contribution is -2.69. The zero-order chi connectivity index (χ0) is 73.1. The van der Waals surface area contributed by atoms with E-state index in [1.54, 1.807) is 38.1 Å². The number of aliphatic hydroxyl groups excluding tert-OH is 1. The lowest BCUT2D eigenvalue weighted by Gasteiger charge is -2.50. The van der Waals surface area contributed by atoms with Crippen LogP contribution in [0.4, 0.5) is 64.1 Å². The second-order valence-electron chi connectivity index (χ2n) is 24.2. The predicted molar refractivity (Wildman–Crippen MR) is 347 cm³/mol. The van der Waals surface area contributed by atoms with Crippen molar-refractivity contribution >= 4 is 63.6 Å². The SMILES string of the molecule is CCC[C@H]1N(C(=O)c2cnccc2C(F)(F)F)CCC[C@@]1(Oc1csc(C(F)(F)F)c1)C(=O)N1CCN(c2ccccc2OCCO)CC1.CCC[C@H]1N(C(=O)c2cnccc2C(F)(F)F)CCC[C@@]1(Oc1csc(C(F)(F)F)c1)C(=O)N1CCN(c2ccccc2OCCOC(C)=O)CC1. The van der Waals surface area contributed by atoms with Crippen molar-refractivity contribution in [1.29, 1.82) is 0 Å². The van der Waals surface area contributed by atoms with Crippen LogP contribution in [0.25, 0.3) is 0 Å². The first kappa shape index (κ1) is 76.6. The number of carbonyl (C=O) groups is 5. The Morgan fingerprint density at radius 3 is 1.29 bits per heavy atom. The Labute approximate surface area is 581 Å². The molecule has 548 valence electrons. The molecule has 4 aliphatic heterocycles. The molecule has 0 bridgehead atoms. The quantitative estimate of drug-likeness (QED) is 0.0405. The maximum atomic E-state index is 14.8. The number of thiophene rings is 2. The number of carbonyl (C=O) groups excluding carboxylic acids is 5. The molecule has 0 spiro atoms. The molecule has 2 aromatic carbocycles. The average molecular weight is 1470 g/mol. The summed E-state index contributed by atoms with van der Waals surface area (Å²) in [5.41, 5.74) is -6.07. The zero-order valence-electron chi connectivity index (χ0n) is 55.1. The van der Waals surface area contributed by atoms with Gasteiger partial charge in [-0.25, -0.2) is 0 Å². The Kier molecular flexibility index (Phi) is 24.7. The second kappa shape index (κ2) is 32.6. The summed E-state index contributed by atoms with van der Waals surface area (Å²) in [6.45, 7) is 6.98. The second-order valence-corrected chi connectivity index (χ2v) is 26.0. The summed E-state index contributed by atoms with van der Waals surface area (Å²) in [7, 11) is 0.